The van der Waals surface area contributed by atoms with Crippen molar-refractivity contribution in [2.75, 3.05) is 19.1 Å². The van der Waals surface area contributed by atoms with Gasteiger partial charge in [-0.3, -0.25) is 4.90 Å². The fourth-order valence-corrected chi connectivity index (χ4v) is 3.42. The predicted octanol–water partition coefficient (Wildman–Crippen LogP) is 3.58. The van der Waals surface area contributed by atoms with Gasteiger partial charge >= 0.3 is 5.97 Å². The molecule has 0 fully saturated rings. The highest BCUT2D eigenvalue weighted by molar-refractivity contribution is 7.80. The average Bonchev–Trinajstić information content (AvgIpc) is 2.68. The summed E-state index contributed by atoms with van der Waals surface area (Å²) in [5, 5.41) is 3.80. The van der Waals surface area contributed by atoms with Crippen LogP contribution in [0.2, 0.25) is 0 Å². The van der Waals surface area contributed by atoms with E-state index in [-0.39, 0.29) is 12.0 Å². The van der Waals surface area contributed by atoms with Gasteiger partial charge in [0.05, 0.1) is 25.8 Å². The number of rotatable bonds is 4. The first-order chi connectivity index (χ1) is 12.6. The summed E-state index contributed by atoms with van der Waals surface area (Å²) in [6.45, 7) is 1.87. The van der Waals surface area contributed by atoms with Crippen molar-refractivity contribution < 1.29 is 14.3 Å². The number of carbonyl (C=O) groups is 1. The Labute approximate surface area is 158 Å². The molecule has 26 heavy (non-hydrogen) atoms. The first-order valence-corrected chi connectivity index (χ1v) is 8.56. The van der Waals surface area contributed by atoms with Crippen molar-refractivity contribution in [2.24, 2.45) is 0 Å². The maximum atomic E-state index is 12.5. The molecule has 1 aliphatic heterocycles. The Morgan fingerprint density at radius 2 is 1.73 bits per heavy atom. The van der Waals surface area contributed by atoms with Crippen molar-refractivity contribution in [1.82, 2.24) is 5.32 Å². The van der Waals surface area contributed by atoms with Crippen molar-refractivity contribution >= 4 is 29.0 Å². The summed E-state index contributed by atoms with van der Waals surface area (Å²) >= 11 is 5.60. The molecule has 0 bridgehead atoms. The number of benzene rings is 2. The number of anilines is 1. The highest BCUT2D eigenvalue weighted by atomic mass is 32.1. The second-order valence-corrected chi connectivity index (χ2v) is 6.20. The van der Waals surface area contributed by atoms with E-state index in [1.54, 1.807) is 7.11 Å². The van der Waals surface area contributed by atoms with Crippen molar-refractivity contribution in [2.45, 2.75) is 13.0 Å². The number of carbonyl (C=O) groups excluding carboxylic acids is 1. The smallest absolute Gasteiger partial charge is 0.337 e. The molecule has 134 valence electrons. The van der Waals surface area contributed by atoms with Crippen LogP contribution < -0.4 is 15.0 Å². The molecule has 3 rings (SSSR count). The molecule has 0 radical (unpaired) electrons. The van der Waals surface area contributed by atoms with E-state index in [1.165, 1.54) is 7.11 Å². The van der Waals surface area contributed by atoms with E-state index in [2.05, 4.69) is 5.32 Å². The Bertz CT molecular complexity index is 847. The number of nitrogens with zero attached hydrogens (tertiary/aromatic N) is 1. The zero-order valence-corrected chi connectivity index (χ0v) is 15.7. The second kappa shape index (κ2) is 7.58. The summed E-state index contributed by atoms with van der Waals surface area (Å²) in [4.78, 5) is 14.4. The lowest BCUT2D eigenvalue weighted by atomic mass is 9.95. The highest BCUT2D eigenvalue weighted by Crippen LogP contribution is 2.34. The Hall–Kier alpha value is -2.86. The molecule has 0 saturated carbocycles. The molecule has 1 heterocycles. The maximum absolute atomic E-state index is 12.5. The molecular formula is C20H20N2O3S. The topological polar surface area (TPSA) is 50.8 Å². The van der Waals surface area contributed by atoms with Gasteiger partial charge in [0.1, 0.15) is 5.75 Å². The normalized spacial score (nSPS) is 17.0. The van der Waals surface area contributed by atoms with E-state index in [4.69, 9.17) is 21.7 Å². The lowest BCUT2D eigenvalue weighted by Crippen LogP contribution is -2.48. The van der Waals surface area contributed by atoms with E-state index in [0.29, 0.717) is 10.7 Å². The molecule has 2 aromatic rings. The molecule has 0 aliphatic carbocycles. The minimum Gasteiger partial charge on any atom is -0.497 e. The summed E-state index contributed by atoms with van der Waals surface area (Å²) in [6, 6.07) is 16.9. The Morgan fingerprint density at radius 3 is 2.31 bits per heavy atom. The third-order valence-corrected chi connectivity index (χ3v) is 4.65. The number of allylic oxidation sites excluding steroid dienone is 1. The quantitative estimate of drug-likeness (QED) is 0.658. The molecule has 5 nitrogen and oxygen atoms in total. The van der Waals surface area contributed by atoms with E-state index in [9.17, 15) is 4.79 Å². The van der Waals surface area contributed by atoms with Crippen molar-refractivity contribution in [1.29, 1.82) is 0 Å². The molecule has 6 heteroatoms. The van der Waals surface area contributed by atoms with E-state index >= 15 is 0 Å². The van der Waals surface area contributed by atoms with Crippen molar-refractivity contribution in [3.8, 4) is 5.75 Å². The van der Waals surface area contributed by atoms with Crippen LogP contribution in [0, 0.1) is 0 Å². The van der Waals surface area contributed by atoms with Crippen molar-refractivity contribution in [3.63, 3.8) is 0 Å². The number of hydrogen-bond donors (Lipinski definition) is 1. The Kier molecular flexibility index (Phi) is 5.23. The maximum Gasteiger partial charge on any atom is 0.337 e. The van der Waals surface area contributed by atoms with Crippen LogP contribution in [0.25, 0.3) is 0 Å². The lowest BCUT2D eigenvalue weighted by molar-refractivity contribution is -0.136. The molecular weight excluding hydrogens is 348 g/mol. The minimum atomic E-state index is -0.384. The fraction of sp³-hybridized carbons (Fsp3) is 0.200. The third kappa shape index (κ3) is 3.28. The molecule has 1 N–H and O–H groups in total. The molecule has 1 unspecified atom stereocenters. The molecule has 0 spiro atoms. The largest absolute Gasteiger partial charge is 0.497 e. The second-order valence-electron chi connectivity index (χ2n) is 5.82. The summed E-state index contributed by atoms with van der Waals surface area (Å²) < 4.78 is 10.2. The van der Waals surface area contributed by atoms with Crippen LogP contribution in [0.4, 0.5) is 5.69 Å². The zero-order chi connectivity index (χ0) is 18.7. The Morgan fingerprint density at radius 1 is 1.08 bits per heavy atom. The van der Waals surface area contributed by atoms with Crippen molar-refractivity contribution in [3.05, 3.63) is 71.4 Å². The first-order valence-electron chi connectivity index (χ1n) is 8.15. The van der Waals surface area contributed by atoms with Gasteiger partial charge in [-0.15, -0.1) is 0 Å². The van der Waals surface area contributed by atoms with Gasteiger partial charge in [0.2, 0.25) is 0 Å². The fourth-order valence-electron chi connectivity index (χ4n) is 3.06. The molecule has 1 aliphatic rings. The minimum absolute atomic E-state index is 0.356. The van der Waals surface area contributed by atoms with E-state index < -0.39 is 0 Å². The number of nitrogens with one attached hydrogen (secondary N) is 1. The van der Waals surface area contributed by atoms with Crippen LogP contribution >= 0.6 is 12.2 Å². The standard InChI is InChI=1S/C20H20N2O3S/c1-13-17(19(23)25-3)18(14-7-5-4-6-8-14)21-20(26)22(13)15-9-11-16(24-2)12-10-15/h4-12,18H,1-3H3,(H,21,26). The number of thiocarbonyl (C=S) groups is 1. The van der Waals surface area contributed by atoms with Gasteiger partial charge in [-0.25, -0.2) is 4.79 Å². The molecule has 0 aromatic heterocycles. The van der Waals surface area contributed by atoms with E-state index in [1.807, 2.05) is 66.4 Å². The van der Waals surface area contributed by atoms with Gasteiger partial charge in [-0.05, 0) is 49.0 Å². The predicted molar refractivity (Wildman–Crippen MR) is 105 cm³/mol. The van der Waals surface area contributed by atoms with Crippen LogP contribution in [0.15, 0.2) is 65.9 Å². The average molecular weight is 368 g/mol. The van der Waals surface area contributed by atoms with Crippen LogP contribution in [-0.2, 0) is 9.53 Å². The van der Waals surface area contributed by atoms with Gasteiger partial charge in [0.25, 0.3) is 0 Å². The zero-order valence-electron chi connectivity index (χ0n) is 14.9. The summed E-state index contributed by atoms with van der Waals surface area (Å²) in [5.41, 5.74) is 3.06. The van der Waals surface area contributed by atoms with Gasteiger partial charge < -0.3 is 14.8 Å². The molecule has 0 saturated heterocycles. The van der Waals surface area contributed by atoms with Gasteiger partial charge in [0.15, 0.2) is 5.11 Å². The van der Waals surface area contributed by atoms with Gasteiger partial charge in [-0.2, -0.15) is 0 Å². The van der Waals surface area contributed by atoms with Crippen LogP contribution in [0.3, 0.4) is 0 Å². The van der Waals surface area contributed by atoms with Gasteiger partial charge in [0, 0.05) is 11.4 Å². The van der Waals surface area contributed by atoms with Gasteiger partial charge in [-0.1, -0.05) is 30.3 Å². The number of hydrogen-bond acceptors (Lipinski definition) is 4. The SMILES string of the molecule is COC(=O)C1=C(C)N(c2ccc(OC)cc2)C(=S)NC1c1ccccc1. The third-order valence-electron chi connectivity index (χ3n) is 4.35. The first kappa shape index (κ1) is 17.9. The molecule has 2 aromatic carbocycles. The Balaban J connectivity index is 2.09. The number of methoxy groups -OCH3 is 2. The van der Waals surface area contributed by atoms with Crippen LogP contribution in [0.1, 0.15) is 18.5 Å². The number of ether oxygens (including phenoxy) is 2. The molecule has 1 atom stereocenters. The number of esters is 1. The molecule has 0 amide bonds. The summed E-state index contributed by atoms with van der Waals surface area (Å²) in [6.07, 6.45) is 0. The lowest BCUT2D eigenvalue weighted by Gasteiger charge is -2.37. The monoisotopic (exact) mass is 368 g/mol. The summed E-state index contributed by atoms with van der Waals surface area (Å²) in [7, 11) is 3.00. The highest BCUT2D eigenvalue weighted by Gasteiger charge is 2.35. The van der Waals surface area contributed by atoms with E-state index in [0.717, 1.165) is 22.7 Å². The van der Waals surface area contributed by atoms with Crippen LogP contribution in [0.5, 0.6) is 5.75 Å². The van der Waals surface area contributed by atoms with Crippen LogP contribution in [-0.4, -0.2) is 25.3 Å². The summed E-state index contributed by atoms with van der Waals surface area (Å²) in [5.74, 6) is 0.367.